The third kappa shape index (κ3) is 5.55. The molecule has 6 heteroatoms. The minimum atomic E-state index is -4.68. The molecule has 0 spiro atoms. The number of hydrogen-bond donors (Lipinski definition) is 1. The van der Waals surface area contributed by atoms with Crippen LogP contribution in [0.2, 0.25) is 5.02 Å². The Kier molecular flexibility index (Phi) is 4.96. The summed E-state index contributed by atoms with van der Waals surface area (Å²) in [5.74, 6) is -0.237. The highest BCUT2D eigenvalue weighted by atomic mass is 35.5. The van der Waals surface area contributed by atoms with E-state index in [1.807, 2.05) is 12.1 Å². The zero-order valence-corrected chi connectivity index (χ0v) is 11.7. The number of ether oxygens (including phenoxy) is 1. The van der Waals surface area contributed by atoms with Crippen molar-refractivity contribution in [3.8, 4) is 5.75 Å². The minimum Gasteiger partial charge on any atom is -0.406 e. The molecule has 0 saturated heterocycles. The first-order valence-electron chi connectivity index (χ1n) is 6.26. The molecule has 2 aromatic rings. The molecule has 0 unspecified atom stereocenters. The Hall–Kier alpha value is -1.88. The maximum atomic E-state index is 12.1. The normalized spacial score (nSPS) is 11.2. The van der Waals surface area contributed by atoms with Crippen LogP contribution in [0, 0.1) is 0 Å². The van der Waals surface area contributed by atoms with Crippen molar-refractivity contribution >= 4 is 17.3 Å². The van der Waals surface area contributed by atoms with Gasteiger partial charge in [0, 0.05) is 23.3 Å². The van der Waals surface area contributed by atoms with Crippen LogP contribution < -0.4 is 10.1 Å². The molecule has 0 atom stereocenters. The Morgan fingerprint density at radius 3 is 2.43 bits per heavy atom. The van der Waals surface area contributed by atoms with Gasteiger partial charge in [0.1, 0.15) is 5.75 Å². The molecule has 0 aliphatic rings. The molecule has 2 rings (SSSR count). The Morgan fingerprint density at radius 2 is 1.76 bits per heavy atom. The summed E-state index contributed by atoms with van der Waals surface area (Å²) in [7, 11) is 0. The summed E-state index contributed by atoms with van der Waals surface area (Å²) in [5.41, 5.74) is 1.67. The molecule has 0 saturated carbocycles. The topological polar surface area (TPSA) is 21.3 Å². The molecule has 0 fully saturated rings. The highest BCUT2D eigenvalue weighted by Gasteiger charge is 2.31. The van der Waals surface area contributed by atoms with Gasteiger partial charge >= 0.3 is 6.36 Å². The zero-order valence-electron chi connectivity index (χ0n) is 11.0. The van der Waals surface area contributed by atoms with Crippen LogP contribution in [-0.4, -0.2) is 12.9 Å². The first-order chi connectivity index (χ1) is 9.92. The molecule has 0 amide bonds. The molecule has 2 nitrogen and oxygen atoms in total. The van der Waals surface area contributed by atoms with Crippen LogP contribution in [-0.2, 0) is 6.42 Å². The molecule has 0 aliphatic heterocycles. The number of anilines is 1. The van der Waals surface area contributed by atoms with E-state index < -0.39 is 6.36 Å². The second-order valence-corrected chi connectivity index (χ2v) is 4.82. The average Bonchev–Trinajstić information content (AvgIpc) is 2.39. The van der Waals surface area contributed by atoms with Gasteiger partial charge in [-0.2, -0.15) is 0 Å². The number of hydrogen-bond acceptors (Lipinski definition) is 2. The quantitative estimate of drug-likeness (QED) is 0.848. The van der Waals surface area contributed by atoms with Gasteiger partial charge in [0.15, 0.2) is 0 Å². The molecule has 0 heterocycles. The van der Waals surface area contributed by atoms with Crippen molar-refractivity contribution < 1.29 is 17.9 Å². The summed E-state index contributed by atoms with van der Waals surface area (Å²) in [6.07, 6.45) is -3.94. The summed E-state index contributed by atoms with van der Waals surface area (Å²) >= 11 is 5.79. The lowest BCUT2D eigenvalue weighted by molar-refractivity contribution is -0.274. The molecule has 112 valence electrons. The predicted octanol–water partition coefficient (Wildman–Crippen LogP) is 4.89. The number of halogens is 4. The molecule has 0 radical (unpaired) electrons. The average molecular weight is 316 g/mol. The molecular weight excluding hydrogens is 303 g/mol. The minimum absolute atomic E-state index is 0.237. The number of nitrogens with one attached hydrogen (secondary N) is 1. The SMILES string of the molecule is FC(F)(F)Oc1cccc(NCCc2ccc(Cl)cc2)c1. The molecule has 21 heavy (non-hydrogen) atoms. The Labute approximate surface area is 125 Å². The van der Waals surface area contributed by atoms with E-state index in [1.54, 1.807) is 18.2 Å². The first kappa shape index (κ1) is 15.5. The molecule has 0 aliphatic carbocycles. The Morgan fingerprint density at radius 1 is 1.05 bits per heavy atom. The summed E-state index contributed by atoms with van der Waals surface area (Å²) in [4.78, 5) is 0. The standard InChI is InChI=1S/C15H13ClF3NO/c16-12-6-4-11(5-7-12)8-9-20-13-2-1-3-14(10-13)21-15(17,18)19/h1-7,10,20H,8-9H2. The largest absolute Gasteiger partial charge is 0.573 e. The fourth-order valence-electron chi connectivity index (χ4n) is 1.81. The van der Waals surface area contributed by atoms with E-state index in [-0.39, 0.29) is 5.75 Å². The Bertz CT molecular complexity index is 584. The van der Waals surface area contributed by atoms with Crippen LogP contribution in [0.25, 0.3) is 0 Å². The van der Waals surface area contributed by atoms with Crippen LogP contribution >= 0.6 is 11.6 Å². The highest BCUT2D eigenvalue weighted by molar-refractivity contribution is 6.30. The second-order valence-electron chi connectivity index (χ2n) is 4.38. The van der Waals surface area contributed by atoms with Gasteiger partial charge in [0.2, 0.25) is 0 Å². The smallest absolute Gasteiger partial charge is 0.406 e. The van der Waals surface area contributed by atoms with Crippen molar-refractivity contribution in [2.75, 3.05) is 11.9 Å². The van der Waals surface area contributed by atoms with Gasteiger partial charge in [0.05, 0.1) is 0 Å². The molecule has 0 bridgehead atoms. The second kappa shape index (κ2) is 6.72. The van der Waals surface area contributed by atoms with E-state index in [4.69, 9.17) is 11.6 Å². The number of rotatable bonds is 5. The summed E-state index contributed by atoms with van der Waals surface area (Å²) in [5, 5.41) is 3.72. The van der Waals surface area contributed by atoms with E-state index >= 15 is 0 Å². The van der Waals surface area contributed by atoms with Crippen molar-refractivity contribution in [3.05, 3.63) is 59.1 Å². The van der Waals surface area contributed by atoms with Crippen LogP contribution in [0.1, 0.15) is 5.56 Å². The van der Waals surface area contributed by atoms with E-state index in [0.717, 1.165) is 12.0 Å². The van der Waals surface area contributed by atoms with E-state index in [9.17, 15) is 13.2 Å². The van der Waals surface area contributed by atoms with Crippen LogP contribution in [0.3, 0.4) is 0 Å². The van der Waals surface area contributed by atoms with E-state index in [2.05, 4.69) is 10.1 Å². The summed E-state index contributed by atoms with van der Waals surface area (Å²) in [6, 6.07) is 13.2. The molecular formula is C15H13ClF3NO. The zero-order chi connectivity index (χ0) is 15.3. The number of benzene rings is 2. The molecule has 1 N–H and O–H groups in total. The van der Waals surface area contributed by atoms with Crippen molar-refractivity contribution in [2.45, 2.75) is 12.8 Å². The van der Waals surface area contributed by atoms with Gasteiger partial charge in [-0.05, 0) is 36.2 Å². The van der Waals surface area contributed by atoms with Gasteiger partial charge in [0.25, 0.3) is 0 Å². The Balaban J connectivity index is 1.88. The molecule has 2 aromatic carbocycles. The van der Waals surface area contributed by atoms with Crippen molar-refractivity contribution in [3.63, 3.8) is 0 Å². The maximum Gasteiger partial charge on any atom is 0.573 e. The highest BCUT2D eigenvalue weighted by Crippen LogP contribution is 2.25. The van der Waals surface area contributed by atoms with Gasteiger partial charge in [-0.1, -0.05) is 29.8 Å². The van der Waals surface area contributed by atoms with Gasteiger partial charge in [-0.15, -0.1) is 13.2 Å². The third-order valence-electron chi connectivity index (χ3n) is 2.72. The molecule has 0 aromatic heterocycles. The van der Waals surface area contributed by atoms with E-state index in [0.29, 0.717) is 17.3 Å². The predicted molar refractivity (Wildman–Crippen MR) is 76.8 cm³/mol. The number of alkyl halides is 3. The third-order valence-corrected chi connectivity index (χ3v) is 2.98. The van der Waals surface area contributed by atoms with Crippen LogP contribution in [0.15, 0.2) is 48.5 Å². The van der Waals surface area contributed by atoms with Crippen LogP contribution in [0.4, 0.5) is 18.9 Å². The van der Waals surface area contributed by atoms with Gasteiger partial charge in [-0.25, -0.2) is 0 Å². The van der Waals surface area contributed by atoms with Gasteiger partial charge < -0.3 is 10.1 Å². The van der Waals surface area contributed by atoms with E-state index in [1.165, 1.54) is 18.2 Å². The lowest BCUT2D eigenvalue weighted by Gasteiger charge is -2.11. The van der Waals surface area contributed by atoms with Crippen molar-refractivity contribution in [1.29, 1.82) is 0 Å². The summed E-state index contributed by atoms with van der Waals surface area (Å²) < 4.78 is 40.2. The monoisotopic (exact) mass is 315 g/mol. The fraction of sp³-hybridized carbons (Fsp3) is 0.200. The lowest BCUT2D eigenvalue weighted by Crippen LogP contribution is -2.17. The van der Waals surface area contributed by atoms with Crippen LogP contribution in [0.5, 0.6) is 5.75 Å². The van der Waals surface area contributed by atoms with Crippen molar-refractivity contribution in [1.82, 2.24) is 0 Å². The fourth-order valence-corrected chi connectivity index (χ4v) is 1.93. The first-order valence-corrected chi connectivity index (χ1v) is 6.64. The maximum absolute atomic E-state index is 12.1. The summed E-state index contributed by atoms with van der Waals surface area (Å²) in [6.45, 7) is 0.594. The lowest BCUT2D eigenvalue weighted by atomic mass is 10.1. The van der Waals surface area contributed by atoms with Gasteiger partial charge in [-0.3, -0.25) is 0 Å². The van der Waals surface area contributed by atoms with Crippen molar-refractivity contribution in [2.24, 2.45) is 0 Å².